The lowest BCUT2D eigenvalue weighted by Gasteiger charge is -2.45. The summed E-state index contributed by atoms with van der Waals surface area (Å²) in [5, 5.41) is 10.7. The molecule has 0 aromatic rings. The van der Waals surface area contributed by atoms with Gasteiger partial charge in [-0.3, -0.25) is 4.79 Å². The lowest BCUT2D eigenvalue weighted by molar-refractivity contribution is -0.187. The van der Waals surface area contributed by atoms with Gasteiger partial charge < -0.3 is 9.84 Å². The lowest BCUT2D eigenvalue weighted by Crippen LogP contribution is -2.55. The van der Waals surface area contributed by atoms with Crippen molar-refractivity contribution in [1.82, 2.24) is 0 Å². The molecule has 0 unspecified atom stereocenters. The minimum Gasteiger partial charge on any atom is -0.465 e. The zero-order chi connectivity index (χ0) is 11.1. The van der Waals surface area contributed by atoms with Crippen molar-refractivity contribution in [3.8, 4) is 0 Å². The number of hydrogen-bond donors (Lipinski definition) is 1. The first kappa shape index (κ1) is 10.9. The molecule has 0 radical (unpaired) electrons. The SMILES string of the molecule is CC(C)[C@@]1(O)CCC[C@@]12CCCOC2=O. The highest BCUT2D eigenvalue weighted by molar-refractivity contribution is 5.79. The maximum atomic E-state index is 12.0. The highest BCUT2D eigenvalue weighted by Crippen LogP contribution is 2.55. The molecule has 1 spiro atoms. The van der Waals surface area contributed by atoms with Crippen molar-refractivity contribution in [2.24, 2.45) is 11.3 Å². The van der Waals surface area contributed by atoms with E-state index in [1.165, 1.54) is 0 Å². The van der Waals surface area contributed by atoms with Crippen molar-refractivity contribution < 1.29 is 14.6 Å². The third-order valence-electron chi connectivity index (χ3n) is 4.32. The predicted molar refractivity (Wildman–Crippen MR) is 56.3 cm³/mol. The molecule has 1 aliphatic carbocycles. The van der Waals surface area contributed by atoms with Crippen LogP contribution >= 0.6 is 0 Å². The second-order valence-electron chi connectivity index (χ2n) is 5.25. The van der Waals surface area contributed by atoms with Crippen LogP contribution < -0.4 is 0 Å². The number of carbonyl (C=O) groups is 1. The van der Waals surface area contributed by atoms with Crippen LogP contribution in [0.3, 0.4) is 0 Å². The van der Waals surface area contributed by atoms with Gasteiger partial charge in [0.05, 0.1) is 17.6 Å². The maximum Gasteiger partial charge on any atom is 0.315 e. The second-order valence-corrected chi connectivity index (χ2v) is 5.25. The smallest absolute Gasteiger partial charge is 0.315 e. The largest absolute Gasteiger partial charge is 0.465 e. The molecule has 0 aromatic carbocycles. The van der Waals surface area contributed by atoms with E-state index in [0.717, 1.165) is 32.1 Å². The van der Waals surface area contributed by atoms with Gasteiger partial charge in [-0.05, 0) is 38.0 Å². The van der Waals surface area contributed by atoms with E-state index in [9.17, 15) is 9.90 Å². The van der Waals surface area contributed by atoms with Crippen LogP contribution in [0.1, 0.15) is 46.0 Å². The van der Waals surface area contributed by atoms with Gasteiger partial charge in [-0.15, -0.1) is 0 Å². The van der Waals surface area contributed by atoms with Crippen molar-refractivity contribution >= 4 is 5.97 Å². The molecule has 2 aliphatic rings. The minimum absolute atomic E-state index is 0.116. The third-order valence-corrected chi connectivity index (χ3v) is 4.32. The monoisotopic (exact) mass is 212 g/mol. The summed E-state index contributed by atoms with van der Waals surface area (Å²) in [5.74, 6) is -0.0481. The number of rotatable bonds is 1. The molecule has 15 heavy (non-hydrogen) atoms. The summed E-state index contributed by atoms with van der Waals surface area (Å²) in [6.07, 6.45) is 4.14. The zero-order valence-electron chi connectivity index (χ0n) is 9.58. The van der Waals surface area contributed by atoms with Gasteiger partial charge in [-0.1, -0.05) is 13.8 Å². The van der Waals surface area contributed by atoms with Crippen LogP contribution in [0.2, 0.25) is 0 Å². The van der Waals surface area contributed by atoms with Crippen molar-refractivity contribution in [1.29, 1.82) is 0 Å². The minimum atomic E-state index is -0.843. The summed E-state index contributed by atoms with van der Waals surface area (Å²) >= 11 is 0. The first-order valence-corrected chi connectivity index (χ1v) is 5.92. The zero-order valence-corrected chi connectivity index (χ0v) is 9.58. The quantitative estimate of drug-likeness (QED) is 0.675. The van der Waals surface area contributed by atoms with E-state index in [1.54, 1.807) is 0 Å². The summed E-state index contributed by atoms with van der Waals surface area (Å²) in [6.45, 7) is 4.51. The van der Waals surface area contributed by atoms with Gasteiger partial charge in [0.1, 0.15) is 0 Å². The molecule has 2 fully saturated rings. The summed E-state index contributed by atoms with van der Waals surface area (Å²) in [4.78, 5) is 12.0. The van der Waals surface area contributed by atoms with Gasteiger partial charge in [0.2, 0.25) is 0 Å². The number of esters is 1. The molecule has 2 atom stereocenters. The summed E-state index contributed by atoms with van der Waals surface area (Å²) in [6, 6.07) is 0. The van der Waals surface area contributed by atoms with Crippen molar-refractivity contribution in [2.75, 3.05) is 6.61 Å². The van der Waals surface area contributed by atoms with E-state index in [1.807, 2.05) is 13.8 Å². The topological polar surface area (TPSA) is 46.5 Å². The van der Waals surface area contributed by atoms with Gasteiger partial charge in [0.25, 0.3) is 0 Å². The number of cyclic esters (lactones) is 1. The van der Waals surface area contributed by atoms with Gasteiger partial charge in [-0.25, -0.2) is 0 Å². The van der Waals surface area contributed by atoms with Crippen LogP contribution in [-0.4, -0.2) is 23.3 Å². The van der Waals surface area contributed by atoms with Crippen molar-refractivity contribution in [3.05, 3.63) is 0 Å². The Balaban J connectivity index is 2.36. The van der Waals surface area contributed by atoms with Crippen LogP contribution in [0.15, 0.2) is 0 Å². The second kappa shape index (κ2) is 3.48. The third kappa shape index (κ3) is 1.32. The van der Waals surface area contributed by atoms with Gasteiger partial charge in [0, 0.05) is 0 Å². The normalized spacial score (nSPS) is 41.2. The Kier molecular flexibility index (Phi) is 2.53. The van der Waals surface area contributed by atoms with Crippen LogP contribution in [0.4, 0.5) is 0 Å². The molecule has 3 heteroatoms. The van der Waals surface area contributed by atoms with E-state index in [2.05, 4.69) is 0 Å². The maximum absolute atomic E-state index is 12.0. The first-order chi connectivity index (χ1) is 7.03. The molecule has 1 saturated carbocycles. The predicted octanol–water partition coefficient (Wildman–Crippen LogP) is 1.88. The molecular weight excluding hydrogens is 192 g/mol. The average Bonchev–Trinajstić information content (AvgIpc) is 2.52. The van der Waals surface area contributed by atoms with E-state index >= 15 is 0 Å². The number of carbonyl (C=O) groups excluding carboxylic acids is 1. The van der Waals surface area contributed by atoms with Gasteiger partial charge >= 0.3 is 5.97 Å². The van der Waals surface area contributed by atoms with E-state index in [-0.39, 0.29) is 11.9 Å². The number of ether oxygens (including phenoxy) is 1. The fourth-order valence-electron chi connectivity index (χ4n) is 3.36. The molecule has 1 heterocycles. The fourth-order valence-corrected chi connectivity index (χ4v) is 3.36. The molecule has 1 saturated heterocycles. The Morgan fingerprint density at radius 3 is 2.53 bits per heavy atom. The van der Waals surface area contributed by atoms with Crippen molar-refractivity contribution in [2.45, 2.75) is 51.6 Å². The molecule has 2 rings (SSSR count). The Morgan fingerprint density at radius 1 is 1.27 bits per heavy atom. The molecule has 1 N–H and O–H groups in total. The molecule has 0 aromatic heterocycles. The summed E-state index contributed by atoms with van der Waals surface area (Å²) < 4.78 is 5.16. The molecule has 0 bridgehead atoms. The highest BCUT2D eigenvalue weighted by atomic mass is 16.5. The van der Waals surface area contributed by atoms with Crippen molar-refractivity contribution in [3.63, 3.8) is 0 Å². The van der Waals surface area contributed by atoms with Gasteiger partial charge in [-0.2, -0.15) is 0 Å². The Bertz CT molecular complexity index is 274. The van der Waals surface area contributed by atoms with Gasteiger partial charge in [0.15, 0.2) is 0 Å². The fraction of sp³-hybridized carbons (Fsp3) is 0.917. The Morgan fingerprint density at radius 2 is 1.93 bits per heavy atom. The van der Waals surface area contributed by atoms with Crippen LogP contribution in [-0.2, 0) is 9.53 Å². The van der Waals surface area contributed by atoms with Crippen LogP contribution in [0, 0.1) is 11.3 Å². The summed E-state index contributed by atoms with van der Waals surface area (Å²) in [7, 11) is 0. The molecule has 3 nitrogen and oxygen atoms in total. The molecule has 1 aliphatic heterocycles. The molecule has 0 amide bonds. The molecule has 86 valence electrons. The van der Waals surface area contributed by atoms with Crippen LogP contribution in [0.25, 0.3) is 0 Å². The highest BCUT2D eigenvalue weighted by Gasteiger charge is 2.61. The lowest BCUT2D eigenvalue weighted by atomic mass is 9.65. The standard InChI is InChI=1S/C12H20O3/c1-9(2)12(14)7-3-5-11(12)6-4-8-15-10(11)13/h9,14H,3-8H2,1-2H3/t11-,12-/m0/s1. The number of hydrogen-bond acceptors (Lipinski definition) is 3. The van der Waals surface area contributed by atoms with E-state index in [0.29, 0.717) is 6.61 Å². The molecular formula is C12H20O3. The summed E-state index contributed by atoms with van der Waals surface area (Å²) in [5.41, 5.74) is -1.44. The number of aliphatic hydroxyl groups is 1. The first-order valence-electron chi connectivity index (χ1n) is 5.92. The van der Waals surface area contributed by atoms with E-state index < -0.39 is 11.0 Å². The van der Waals surface area contributed by atoms with Crippen LogP contribution in [0.5, 0.6) is 0 Å². The Hall–Kier alpha value is -0.570. The Labute approximate surface area is 90.8 Å². The van der Waals surface area contributed by atoms with E-state index in [4.69, 9.17) is 4.74 Å². The average molecular weight is 212 g/mol.